The average molecular weight is 320 g/mol. The van der Waals surface area contributed by atoms with Crippen molar-refractivity contribution in [3.8, 4) is 16.9 Å². The van der Waals surface area contributed by atoms with Crippen LogP contribution in [0, 0.1) is 0 Å². The van der Waals surface area contributed by atoms with Crippen LogP contribution in [0.25, 0.3) is 17.2 Å². The Balaban J connectivity index is 2.17. The molecular formula is C17H11F3O3. The first-order valence-electron chi connectivity index (χ1n) is 6.74. The molecule has 0 saturated carbocycles. The maximum Gasteiger partial charge on any atom is 0.430 e. The molecule has 118 valence electrons. The van der Waals surface area contributed by atoms with Gasteiger partial charge in [0.2, 0.25) is 6.10 Å². The van der Waals surface area contributed by atoms with Crippen molar-refractivity contribution in [2.24, 2.45) is 0 Å². The molecule has 0 aliphatic carbocycles. The number of carboxylic acids is 1. The van der Waals surface area contributed by atoms with E-state index < -0.39 is 23.8 Å². The molecule has 0 spiro atoms. The van der Waals surface area contributed by atoms with Gasteiger partial charge in [-0.1, -0.05) is 48.5 Å². The SMILES string of the molecule is O=C(O)C1=Cc2cccc(-c3ccccc3)c2O[C@@H]1C(F)(F)F. The maximum absolute atomic E-state index is 13.2. The molecule has 0 bridgehead atoms. The molecule has 1 aliphatic rings. The normalized spacial score (nSPS) is 17.0. The zero-order valence-electron chi connectivity index (χ0n) is 11.7. The van der Waals surface area contributed by atoms with Crippen LogP contribution in [0.2, 0.25) is 0 Å². The van der Waals surface area contributed by atoms with Crippen molar-refractivity contribution in [3.63, 3.8) is 0 Å². The number of halogens is 3. The van der Waals surface area contributed by atoms with Crippen LogP contribution >= 0.6 is 0 Å². The van der Waals surface area contributed by atoms with Gasteiger partial charge in [0.05, 0.1) is 5.57 Å². The van der Waals surface area contributed by atoms with Crippen LogP contribution in [0.15, 0.2) is 54.1 Å². The first kappa shape index (κ1) is 15.1. The van der Waals surface area contributed by atoms with Crippen LogP contribution in [0.3, 0.4) is 0 Å². The number of aliphatic carboxylic acids is 1. The summed E-state index contributed by atoms with van der Waals surface area (Å²) in [6, 6.07) is 13.6. The minimum absolute atomic E-state index is 0.0334. The first-order valence-corrected chi connectivity index (χ1v) is 6.74. The number of carboxylic acid groups (broad SMARTS) is 1. The predicted octanol–water partition coefficient (Wildman–Crippen LogP) is 4.14. The number of ether oxygens (including phenoxy) is 1. The third-order valence-corrected chi connectivity index (χ3v) is 3.50. The lowest BCUT2D eigenvalue weighted by Crippen LogP contribution is -2.40. The molecule has 2 aromatic carbocycles. The van der Waals surface area contributed by atoms with Gasteiger partial charge < -0.3 is 9.84 Å². The summed E-state index contributed by atoms with van der Waals surface area (Å²) in [5.74, 6) is -1.62. The Kier molecular flexibility index (Phi) is 3.60. The van der Waals surface area contributed by atoms with E-state index in [4.69, 9.17) is 9.84 Å². The zero-order chi connectivity index (χ0) is 16.6. The Bertz CT molecular complexity index is 779. The Morgan fingerprint density at radius 3 is 2.35 bits per heavy atom. The summed E-state index contributed by atoms with van der Waals surface area (Å²) in [6.45, 7) is 0. The summed E-state index contributed by atoms with van der Waals surface area (Å²) in [6.07, 6.45) is -6.28. The van der Waals surface area contributed by atoms with Crippen LogP contribution in [0.5, 0.6) is 5.75 Å². The average Bonchev–Trinajstić information content (AvgIpc) is 2.53. The highest BCUT2D eigenvalue weighted by atomic mass is 19.4. The van der Waals surface area contributed by atoms with Gasteiger partial charge in [-0.15, -0.1) is 0 Å². The predicted molar refractivity (Wildman–Crippen MR) is 78.0 cm³/mol. The highest BCUT2D eigenvalue weighted by Gasteiger charge is 2.48. The molecule has 1 heterocycles. The zero-order valence-corrected chi connectivity index (χ0v) is 11.7. The molecule has 3 rings (SSSR count). The summed E-state index contributed by atoms with van der Waals surface area (Å²) in [5.41, 5.74) is 0.662. The molecule has 2 aromatic rings. The van der Waals surface area contributed by atoms with Gasteiger partial charge in [0.1, 0.15) is 5.75 Å². The number of rotatable bonds is 2. The molecule has 3 nitrogen and oxygen atoms in total. The second-order valence-electron chi connectivity index (χ2n) is 5.03. The van der Waals surface area contributed by atoms with Gasteiger partial charge in [0.15, 0.2) is 0 Å². The van der Waals surface area contributed by atoms with E-state index in [0.29, 0.717) is 16.7 Å². The van der Waals surface area contributed by atoms with Gasteiger partial charge in [0, 0.05) is 11.1 Å². The van der Waals surface area contributed by atoms with Crippen molar-refractivity contribution in [3.05, 3.63) is 59.7 Å². The Hall–Kier alpha value is -2.76. The van der Waals surface area contributed by atoms with Gasteiger partial charge >= 0.3 is 12.1 Å². The molecule has 0 amide bonds. The molecule has 1 aliphatic heterocycles. The second kappa shape index (κ2) is 5.46. The van der Waals surface area contributed by atoms with Gasteiger partial charge in [0.25, 0.3) is 0 Å². The van der Waals surface area contributed by atoms with Crippen LogP contribution < -0.4 is 4.74 Å². The number of para-hydroxylation sites is 1. The number of fused-ring (bicyclic) bond motifs is 1. The number of benzene rings is 2. The Morgan fingerprint density at radius 2 is 1.74 bits per heavy atom. The third kappa shape index (κ3) is 2.79. The number of carbonyl (C=O) groups is 1. The lowest BCUT2D eigenvalue weighted by Gasteiger charge is -2.28. The summed E-state index contributed by atoms with van der Waals surface area (Å²) >= 11 is 0. The van der Waals surface area contributed by atoms with E-state index in [1.807, 2.05) is 0 Å². The van der Waals surface area contributed by atoms with Crippen molar-refractivity contribution < 1.29 is 27.8 Å². The molecule has 0 aromatic heterocycles. The summed E-state index contributed by atoms with van der Waals surface area (Å²) in [5, 5.41) is 9.04. The molecule has 0 saturated heterocycles. The van der Waals surface area contributed by atoms with Gasteiger partial charge in [-0.05, 0) is 11.6 Å². The fourth-order valence-corrected chi connectivity index (χ4v) is 2.49. The van der Waals surface area contributed by atoms with Gasteiger partial charge in [-0.3, -0.25) is 0 Å². The van der Waals surface area contributed by atoms with E-state index in [2.05, 4.69) is 0 Å². The van der Waals surface area contributed by atoms with E-state index in [0.717, 1.165) is 6.08 Å². The second-order valence-corrected chi connectivity index (χ2v) is 5.03. The minimum Gasteiger partial charge on any atom is -0.478 e. The summed E-state index contributed by atoms with van der Waals surface area (Å²) in [4.78, 5) is 11.1. The lowest BCUT2D eigenvalue weighted by molar-refractivity contribution is -0.187. The largest absolute Gasteiger partial charge is 0.478 e. The molecule has 1 atom stereocenters. The highest BCUT2D eigenvalue weighted by molar-refractivity contribution is 5.96. The summed E-state index contributed by atoms with van der Waals surface area (Å²) < 4.78 is 44.5. The minimum atomic E-state index is -4.81. The summed E-state index contributed by atoms with van der Waals surface area (Å²) in [7, 11) is 0. The van der Waals surface area contributed by atoms with E-state index in [9.17, 15) is 18.0 Å². The first-order chi connectivity index (χ1) is 10.9. The van der Waals surface area contributed by atoms with Crippen LogP contribution in [-0.2, 0) is 4.79 Å². The number of hydrogen-bond acceptors (Lipinski definition) is 2. The van der Waals surface area contributed by atoms with Gasteiger partial charge in [-0.2, -0.15) is 13.2 Å². The smallest absolute Gasteiger partial charge is 0.430 e. The van der Waals surface area contributed by atoms with Crippen molar-refractivity contribution in [2.75, 3.05) is 0 Å². The quantitative estimate of drug-likeness (QED) is 0.904. The van der Waals surface area contributed by atoms with Crippen LogP contribution in [-0.4, -0.2) is 23.4 Å². The standard InChI is InChI=1S/C17H11F3O3/c18-17(19,20)15-13(16(21)22)9-11-7-4-8-12(14(11)23-15)10-5-2-1-3-6-10/h1-9,15H,(H,21,22)/t15-/m0/s1. The topological polar surface area (TPSA) is 46.5 Å². The van der Waals surface area contributed by atoms with Crippen LogP contribution in [0.4, 0.5) is 13.2 Å². The number of hydrogen-bond donors (Lipinski definition) is 1. The highest BCUT2D eigenvalue weighted by Crippen LogP contribution is 2.42. The molecule has 0 unspecified atom stereocenters. The van der Waals surface area contributed by atoms with Crippen molar-refractivity contribution in [2.45, 2.75) is 12.3 Å². The molecule has 0 radical (unpaired) electrons. The van der Waals surface area contributed by atoms with E-state index in [1.165, 1.54) is 6.07 Å². The maximum atomic E-state index is 13.2. The molecular weight excluding hydrogens is 309 g/mol. The number of alkyl halides is 3. The fourth-order valence-electron chi connectivity index (χ4n) is 2.49. The fraction of sp³-hybridized carbons (Fsp3) is 0.118. The molecule has 6 heteroatoms. The van der Waals surface area contributed by atoms with E-state index >= 15 is 0 Å². The lowest BCUT2D eigenvalue weighted by atomic mass is 9.96. The van der Waals surface area contributed by atoms with Crippen molar-refractivity contribution in [1.82, 2.24) is 0 Å². The van der Waals surface area contributed by atoms with E-state index in [1.54, 1.807) is 42.5 Å². The van der Waals surface area contributed by atoms with E-state index in [-0.39, 0.29) is 5.75 Å². The van der Waals surface area contributed by atoms with Crippen molar-refractivity contribution >= 4 is 12.0 Å². The molecule has 23 heavy (non-hydrogen) atoms. The Morgan fingerprint density at radius 1 is 1.04 bits per heavy atom. The third-order valence-electron chi connectivity index (χ3n) is 3.50. The molecule has 0 fully saturated rings. The van der Waals surface area contributed by atoms with Crippen molar-refractivity contribution in [1.29, 1.82) is 0 Å². The Labute approximate surface area is 129 Å². The van der Waals surface area contributed by atoms with Crippen LogP contribution in [0.1, 0.15) is 5.56 Å². The van der Waals surface area contributed by atoms with Gasteiger partial charge in [-0.25, -0.2) is 4.79 Å². The molecule has 1 N–H and O–H groups in total. The monoisotopic (exact) mass is 320 g/mol.